The Labute approximate surface area is 118 Å². The van der Waals surface area contributed by atoms with Gasteiger partial charge in [0.15, 0.2) is 0 Å². The first-order chi connectivity index (χ1) is 9.63. The first-order valence-electron chi connectivity index (χ1n) is 5.81. The molecule has 0 bridgehead atoms. The Morgan fingerprint density at radius 3 is 1.45 bits per heavy atom. The van der Waals surface area contributed by atoms with E-state index in [0.29, 0.717) is 11.1 Å². The molecule has 0 saturated heterocycles. The molecule has 0 saturated carbocycles. The molecule has 106 valence electrons. The predicted molar refractivity (Wildman–Crippen MR) is 70.5 cm³/mol. The van der Waals surface area contributed by atoms with Gasteiger partial charge in [-0.25, -0.2) is 8.78 Å². The minimum absolute atomic E-state index is 0.0519. The summed E-state index contributed by atoms with van der Waals surface area (Å²) >= 11 is -1.92. The highest BCUT2D eigenvalue weighted by Crippen LogP contribution is 2.08. The van der Waals surface area contributed by atoms with Crippen LogP contribution in [0.25, 0.3) is 0 Å². The van der Waals surface area contributed by atoms with E-state index in [1.807, 2.05) is 0 Å². The summed E-state index contributed by atoms with van der Waals surface area (Å²) in [6, 6.07) is 11.3. The fraction of sp³-hybridized carbons (Fsp3) is 0.143. The molecule has 2 aromatic rings. The summed E-state index contributed by atoms with van der Waals surface area (Å²) in [5.74, 6) is -0.690. The molecule has 0 atom stereocenters. The number of rotatable bonds is 6. The molecule has 0 aromatic heterocycles. The molecule has 0 amide bonds. The number of hydrogen-bond acceptors (Lipinski definition) is 3. The first-order valence-corrected chi connectivity index (χ1v) is 6.81. The Morgan fingerprint density at radius 1 is 0.750 bits per heavy atom. The Balaban J connectivity index is 1.75. The van der Waals surface area contributed by atoms with Gasteiger partial charge in [0.1, 0.15) is 11.6 Å². The minimum atomic E-state index is -1.92. The minimum Gasteiger partial charge on any atom is -0.264 e. The van der Waals surface area contributed by atoms with E-state index in [-0.39, 0.29) is 24.8 Å². The van der Waals surface area contributed by atoms with E-state index in [0.717, 1.165) is 0 Å². The average Bonchev–Trinajstić information content (AvgIpc) is 2.46. The van der Waals surface area contributed by atoms with E-state index in [2.05, 4.69) is 0 Å². The Morgan fingerprint density at radius 2 is 1.10 bits per heavy atom. The Hall–Kier alpha value is -1.63. The summed E-state index contributed by atoms with van der Waals surface area (Å²) in [5.41, 5.74) is 1.37. The smallest absolute Gasteiger partial charge is 0.264 e. The average molecular weight is 298 g/mol. The lowest BCUT2D eigenvalue weighted by molar-refractivity contribution is 0.236. The third kappa shape index (κ3) is 4.80. The van der Waals surface area contributed by atoms with Gasteiger partial charge in [0, 0.05) is 0 Å². The summed E-state index contributed by atoms with van der Waals surface area (Å²) < 4.78 is 46.7. The van der Waals surface area contributed by atoms with Crippen molar-refractivity contribution >= 4 is 11.4 Å². The molecule has 0 spiro atoms. The third-order valence-corrected chi connectivity index (χ3v) is 3.09. The van der Waals surface area contributed by atoms with Gasteiger partial charge in [0.25, 0.3) is 0 Å². The van der Waals surface area contributed by atoms with E-state index in [9.17, 15) is 13.0 Å². The second kappa shape index (κ2) is 7.23. The molecular weight excluding hydrogens is 286 g/mol. The third-order valence-electron chi connectivity index (χ3n) is 2.47. The molecule has 2 aromatic carbocycles. The summed E-state index contributed by atoms with van der Waals surface area (Å²) in [7, 11) is 0. The van der Waals surface area contributed by atoms with Crippen molar-refractivity contribution in [2.24, 2.45) is 0 Å². The molecule has 0 radical (unpaired) electrons. The molecule has 3 nitrogen and oxygen atoms in total. The fourth-order valence-electron chi connectivity index (χ4n) is 1.43. The lowest BCUT2D eigenvalue weighted by atomic mass is 10.2. The van der Waals surface area contributed by atoms with Gasteiger partial charge < -0.3 is 0 Å². The molecule has 0 aliphatic heterocycles. The standard InChI is InChI=1S/C14H12F2O3S/c15-13-5-1-11(2-6-13)9-18-20(17)19-10-12-3-7-14(16)8-4-12/h1-8H,9-10H2. The second-order valence-electron chi connectivity index (χ2n) is 3.98. The van der Waals surface area contributed by atoms with Gasteiger partial charge >= 0.3 is 11.4 Å². The van der Waals surface area contributed by atoms with Crippen molar-refractivity contribution < 1.29 is 21.4 Å². The van der Waals surface area contributed by atoms with Gasteiger partial charge in [-0.05, 0) is 35.4 Å². The van der Waals surface area contributed by atoms with Crippen LogP contribution >= 0.6 is 0 Å². The van der Waals surface area contributed by atoms with Crippen molar-refractivity contribution in [1.82, 2.24) is 0 Å². The molecule has 0 fully saturated rings. The SMILES string of the molecule is O=S(OCc1ccc(F)cc1)OCc1ccc(F)cc1. The highest BCUT2D eigenvalue weighted by molar-refractivity contribution is 7.75. The Bertz CT molecular complexity index is 518. The van der Waals surface area contributed by atoms with Crippen LogP contribution in [0, 0.1) is 11.6 Å². The van der Waals surface area contributed by atoms with Crippen LogP contribution in [-0.4, -0.2) is 4.21 Å². The highest BCUT2D eigenvalue weighted by Gasteiger charge is 2.03. The van der Waals surface area contributed by atoms with E-state index in [1.165, 1.54) is 48.5 Å². The molecule has 0 heterocycles. The van der Waals surface area contributed by atoms with E-state index < -0.39 is 11.4 Å². The van der Waals surface area contributed by atoms with Gasteiger partial charge in [-0.1, -0.05) is 24.3 Å². The topological polar surface area (TPSA) is 35.5 Å². The van der Waals surface area contributed by atoms with Gasteiger partial charge in [-0.15, -0.1) is 0 Å². The predicted octanol–water partition coefficient (Wildman–Crippen LogP) is 3.28. The summed E-state index contributed by atoms with van der Waals surface area (Å²) in [4.78, 5) is 0. The van der Waals surface area contributed by atoms with Gasteiger partial charge in [-0.2, -0.15) is 4.21 Å². The van der Waals surface area contributed by atoms with Gasteiger partial charge in [0.05, 0.1) is 13.2 Å². The zero-order chi connectivity index (χ0) is 14.4. The first kappa shape index (κ1) is 14.8. The lowest BCUT2D eigenvalue weighted by Gasteiger charge is -2.04. The van der Waals surface area contributed by atoms with E-state index >= 15 is 0 Å². The van der Waals surface area contributed by atoms with Gasteiger partial charge in [0.2, 0.25) is 0 Å². The number of hydrogen-bond donors (Lipinski definition) is 0. The van der Waals surface area contributed by atoms with Crippen molar-refractivity contribution in [2.75, 3.05) is 0 Å². The maximum absolute atomic E-state index is 12.7. The van der Waals surface area contributed by atoms with Crippen molar-refractivity contribution in [3.63, 3.8) is 0 Å². The zero-order valence-electron chi connectivity index (χ0n) is 10.4. The summed E-state index contributed by atoms with van der Waals surface area (Å²) in [6.07, 6.45) is 0. The highest BCUT2D eigenvalue weighted by atomic mass is 32.2. The quantitative estimate of drug-likeness (QED) is 0.821. The maximum Gasteiger partial charge on any atom is 0.305 e. The molecular formula is C14H12F2O3S. The molecule has 0 aliphatic carbocycles. The van der Waals surface area contributed by atoms with Crippen molar-refractivity contribution in [3.05, 3.63) is 71.3 Å². The second-order valence-corrected chi connectivity index (χ2v) is 4.86. The monoisotopic (exact) mass is 298 g/mol. The van der Waals surface area contributed by atoms with Crippen LogP contribution in [0.1, 0.15) is 11.1 Å². The van der Waals surface area contributed by atoms with Crippen molar-refractivity contribution in [2.45, 2.75) is 13.2 Å². The van der Waals surface area contributed by atoms with Crippen molar-refractivity contribution in [3.8, 4) is 0 Å². The van der Waals surface area contributed by atoms with E-state index in [1.54, 1.807) is 0 Å². The summed E-state index contributed by atoms with van der Waals surface area (Å²) in [5, 5.41) is 0. The molecule has 20 heavy (non-hydrogen) atoms. The van der Waals surface area contributed by atoms with Crippen LogP contribution in [0.3, 0.4) is 0 Å². The van der Waals surface area contributed by atoms with Gasteiger partial charge in [-0.3, -0.25) is 8.37 Å². The molecule has 0 unspecified atom stereocenters. The molecule has 0 N–H and O–H groups in total. The largest absolute Gasteiger partial charge is 0.305 e. The van der Waals surface area contributed by atoms with E-state index in [4.69, 9.17) is 8.37 Å². The van der Waals surface area contributed by atoms with Crippen LogP contribution < -0.4 is 0 Å². The van der Waals surface area contributed by atoms with Crippen molar-refractivity contribution in [1.29, 1.82) is 0 Å². The van der Waals surface area contributed by atoms with Crippen LogP contribution in [0.2, 0.25) is 0 Å². The zero-order valence-corrected chi connectivity index (χ0v) is 11.2. The summed E-state index contributed by atoms with van der Waals surface area (Å²) in [6.45, 7) is 0.104. The van der Waals surface area contributed by atoms with Crippen LogP contribution in [0.15, 0.2) is 48.5 Å². The van der Waals surface area contributed by atoms with Crippen LogP contribution in [0.4, 0.5) is 8.78 Å². The molecule has 0 aliphatic rings. The van der Waals surface area contributed by atoms with Crippen LogP contribution in [-0.2, 0) is 32.9 Å². The van der Waals surface area contributed by atoms with Crippen LogP contribution in [0.5, 0.6) is 0 Å². The molecule has 2 rings (SSSR count). The number of benzene rings is 2. The number of halogens is 2. The normalized spacial score (nSPS) is 10.9. The maximum atomic E-state index is 12.7. The Kier molecular flexibility index (Phi) is 5.34. The molecule has 6 heteroatoms. The lowest BCUT2D eigenvalue weighted by Crippen LogP contribution is -2.03. The fourth-order valence-corrected chi connectivity index (χ4v) is 1.96.